The second kappa shape index (κ2) is 7.56. The minimum absolute atomic E-state index is 0.205. The number of piperazine rings is 1. The van der Waals surface area contributed by atoms with E-state index in [9.17, 15) is 4.79 Å². The summed E-state index contributed by atoms with van der Waals surface area (Å²) in [5.74, 6) is 1.11. The van der Waals surface area contributed by atoms with Crippen molar-refractivity contribution in [1.29, 1.82) is 0 Å². The van der Waals surface area contributed by atoms with E-state index in [0.29, 0.717) is 11.9 Å². The van der Waals surface area contributed by atoms with Gasteiger partial charge in [0.25, 0.3) is 0 Å². The van der Waals surface area contributed by atoms with E-state index < -0.39 is 0 Å². The van der Waals surface area contributed by atoms with Gasteiger partial charge in [0, 0.05) is 45.3 Å². The lowest BCUT2D eigenvalue weighted by Gasteiger charge is -2.43. The molecule has 0 N–H and O–H groups in total. The molecule has 2 saturated heterocycles. The van der Waals surface area contributed by atoms with Crippen LogP contribution in [0, 0.1) is 12.8 Å². The third-order valence-electron chi connectivity index (χ3n) is 7.39. The summed E-state index contributed by atoms with van der Waals surface area (Å²) in [6.07, 6.45) is 4.35. The molecule has 0 spiro atoms. The number of likely N-dealkylation sites (tertiary alicyclic amines) is 1. The van der Waals surface area contributed by atoms with E-state index in [2.05, 4.69) is 59.9 Å². The number of hydrogen-bond acceptors (Lipinski definition) is 3. The van der Waals surface area contributed by atoms with Crippen molar-refractivity contribution in [3.8, 4) is 0 Å². The molecule has 0 radical (unpaired) electrons. The Morgan fingerprint density at radius 2 is 1.59 bits per heavy atom. The van der Waals surface area contributed by atoms with Crippen molar-refractivity contribution in [2.24, 2.45) is 5.92 Å². The molecule has 2 heterocycles. The molecule has 0 aromatic heterocycles. The van der Waals surface area contributed by atoms with Crippen molar-refractivity contribution < 1.29 is 4.79 Å². The first-order chi connectivity index (χ1) is 13.0. The predicted octanol–water partition coefficient (Wildman–Crippen LogP) is 2.90. The minimum Gasteiger partial charge on any atom is -0.342 e. The zero-order valence-electron chi connectivity index (χ0n) is 17.3. The molecule has 1 amide bonds. The SMILES string of the molecule is Cc1ccc(C2(C(=O)N3CCC(C(C)N4CCN(C)CC4)CC3)CC2)cc1. The van der Waals surface area contributed by atoms with Crippen LogP contribution in [0.4, 0.5) is 0 Å². The third-order valence-corrected chi connectivity index (χ3v) is 7.39. The van der Waals surface area contributed by atoms with Crippen LogP contribution in [0.2, 0.25) is 0 Å². The van der Waals surface area contributed by atoms with Crippen molar-refractivity contribution in [3.05, 3.63) is 35.4 Å². The van der Waals surface area contributed by atoms with Gasteiger partial charge < -0.3 is 9.80 Å². The van der Waals surface area contributed by atoms with Gasteiger partial charge in [0.2, 0.25) is 5.91 Å². The number of piperidine rings is 1. The van der Waals surface area contributed by atoms with E-state index >= 15 is 0 Å². The summed E-state index contributed by atoms with van der Waals surface area (Å²) < 4.78 is 0. The summed E-state index contributed by atoms with van der Waals surface area (Å²) in [4.78, 5) is 20.5. The van der Waals surface area contributed by atoms with Crippen LogP contribution in [0.15, 0.2) is 24.3 Å². The van der Waals surface area contributed by atoms with Crippen LogP contribution < -0.4 is 0 Å². The summed E-state index contributed by atoms with van der Waals surface area (Å²) in [5, 5.41) is 0. The molecule has 4 rings (SSSR count). The van der Waals surface area contributed by atoms with E-state index in [1.165, 1.54) is 37.3 Å². The Bertz CT molecular complexity index is 651. The van der Waals surface area contributed by atoms with E-state index in [-0.39, 0.29) is 5.41 Å². The number of hydrogen-bond donors (Lipinski definition) is 0. The van der Waals surface area contributed by atoms with Gasteiger partial charge in [-0.1, -0.05) is 29.8 Å². The summed E-state index contributed by atoms with van der Waals surface area (Å²) in [5.41, 5.74) is 2.29. The molecule has 148 valence electrons. The van der Waals surface area contributed by atoms with Crippen LogP contribution in [0.3, 0.4) is 0 Å². The summed E-state index contributed by atoms with van der Waals surface area (Å²) in [6, 6.07) is 9.27. The zero-order valence-corrected chi connectivity index (χ0v) is 17.3. The Morgan fingerprint density at radius 1 is 1.00 bits per heavy atom. The quantitative estimate of drug-likeness (QED) is 0.816. The molecular formula is C23H35N3O. The van der Waals surface area contributed by atoms with Gasteiger partial charge >= 0.3 is 0 Å². The highest BCUT2D eigenvalue weighted by atomic mass is 16.2. The van der Waals surface area contributed by atoms with Crippen LogP contribution in [-0.2, 0) is 10.2 Å². The molecule has 3 fully saturated rings. The normalized spacial score (nSPS) is 25.4. The van der Waals surface area contributed by atoms with Crippen molar-refractivity contribution >= 4 is 5.91 Å². The molecule has 1 atom stereocenters. The number of benzene rings is 1. The van der Waals surface area contributed by atoms with Crippen molar-refractivity contribution in [2.45, 2.75) is 51.0 Å². The van der Waals surface area contributed by atoms with Gasteiger partial charge in [-0.25, -0.2) is 0 Å². The first kappa shape index (κ1) is 18.9. The molecule has 27 heavy (non-hydrogen) atoms. The Balaban J connectivity index is 1.34. The van der Waals surface area contributed by atoms with Gasteiger partial charge in [-0.05, 0) is 58.1 Å². The number of carbonyl (C=O) groups is 1. The summed E-state index contributed by atoms with van der Waals surface area (Å²) >= 11 is 0. The number of aryl methyl sites for hydroxylation is 1. The predicted molar refractivity (Wildman–Crippen MR) is 110 cm³/mol. The average Bonchev–Trinajstić information content (AvgIpc) is 3.50. The lowest BCUT2D eigenvalue weighted by molar-refractivity contribution is -0.135. The fourth-order valence-electron chi connectivity index (χ4n) is 5.04. The minimum atomic E-state index is -0.205. The standard InChI is InChI=1S/C23H35N3O/c1-18-4-6-21(7-5-18)23(10-11-23)22(27)26-12-8-20(9-13-26)19(2)25-16-14-24(3)15-17-25/h4-7,19-20H,8-17H2,1-3H3. The molecule has 1 saturated carbocycles. The van der Waals surface area contributed by atoms with Crippen LogP contribution in [0.1, 0.15) is 43.7 Å². The third kappa shape index (κ3) is 3.79. The molecule has 2 aliphatic heterocycles. The number of carbonyl (C=O) groups excluding carboxylic acids is 1. The topological polar surface area (TPSA) is 26.8 Å². The van der Waals surface area contributed by atoms with E-state index in [0.717, 1.165) is 44.7 Å². The molecule has 1 aromatic rings. The van der Waals surface area contributed by atoms with Crippen LogP contribution >= 0.6 is 0 Å². The second-order valence-corrected chi connectivity index (χ2v) is 9.16. The first-order valence-corrected chi connectivity index (χ1v) is 10.8. The Labute approximate surface area is 164 Å². The van der Waals surface area contributed by atoms with Crippen molar-refractivity contribution in [2.75, 3.05) is 46.3 Å². The van der Waals surface area contributed by atoms with Gasteiger partial charge in [0.1, 0.15) is 0 Å². The zero-order chi connectivity index (χ0) is 19.0. The molecular weight excluding hydrogens is 334 g/mol. The Hall–Kier alpha value is -1.39. The summed E-state index contributed by atoms with van der Waals surface area (Å²) in [7, 11) is 2.22. The van der Waals surface area contributed by atoms with Gasteiger partial charge in [0.15, 0.2) is 0 Å². The lowest BCUT2D eigenvalue weighted by atomic mass is 9.87. The van der Waals surface area contributed by atoms with E-state index in [4.69, 9.17) is 0 Å². The number of amides is 1. The molecule has 1 aliphatic carbocycles. The molecule has 1 unspecified atom stereocenters. The largest absolute Gasteiger partial charge is 0.342 e. The highest BCUT2D eigenvalue weighted by Crippen LogP contribution is 2.50. The van der Waals surface area contributed by atoms with E-state index in [1.807, 2.05) is 0 Å². The smallest absolute Gasteiger partial charge is 0.233 e. The maximum absolute atomic E-state index is 13.3. The fourth-order valence-corrected chi connectivity index (χ4v) is 5.04. The molecule has 1 aromatic carbocycles. The fraction of sp³-hybridized carbons (Fsp3) is 0.696. The number of likely N-dealkylation sites (N-methyl/N-ethyl adjacent to an activating group) is 1. The highest BCUT2D eigenvalue weighted by Gasteiger charge is 2.53. The van der Waals surface area contributed by atoms with Crippen LogP contribution in [0.5, 0.6) is 0 Å². The number of rotatable bonds is 4. The summed E-state index contributed by atoms with van der Waals surface area (Å²) in [6.45, 7) is 11.1. The van der Waals surface area contributed by atoms with Gasteiger partial charge in [-0.2, -0.15) is 0 Å². The molecule has 0 bridgehead atoms. The first-order valence-electron chi connectivity index (χ1n) is 10.8. The monoisotopic (exact) mass is 369 g/mol. The maximum Gasteiger partial charge on any atom is 0.233 e. The average molecular weight is 370 g/mol. The Morgan fingerprint density at radius 3 is 2.15 bits per heavy atom. The van der Waals surface area contributed by atoms with Gasteiger partial charge in [0.05, 0.1) is 5.41 Å². The molecule has 4 heteroatoms. The maximum atomic E-state index is 13.3. The van der Waals surface area contributed by atoms with Crippen LogP contribution in [0.25, 0.3) is 0 Å². The number of nitrogens with zero attached hydrogens (tertiary/aromatic N) is 3. The van der Waals surface area contributed by atoms with E-state index in [1.54, 1.807) is 0 Å². The van der Waals surface area contributed by atoms with Crippen molar-refractivity contribution in [3.63, 3.8) is 0 Å². The van der Waals surface area contributed by atoms with Gasteiger partial charge in [-0.3, -0.25) is 9.69 Å². The highest BCUT2D eigenvalue weighted by molar-refractivity contribution is 5.91. The molecule has 3 aliphatic rings. The lowest BCUT2D eigenvalue weighted by Crippen LogP contribution is -2.52. The molecule has 4 nitrogen and oxygen atoms in total. The Kier molecular flexibility index (Phi) is 5.30. The second-order valence-electron chi connectivity index (χ2n) is 9.16. The van der Waals surface area contributed by atoms with Gasteiger partial charge in [-0.15, -0.1) is 0 Å². The van der Waals surface area contributed by atoms with Crippen molar-refractivity contribution in [1.82, 2.24) is 14.7 Å². The van der Waals surface area contributed by atoms with Crippen LogP contribution in [-0.4, -0.2) is 73.0 Å².